The van der Waals surface area contributed by atoms with Crippen LogP contribution in [0.15, 0.2) is 27.1 Å². The van der Waals surface area contributed by atoms with Crippen molar-refractivity contribution in [3.05, 3.63) is 57.0 Å². The number of furan rings is 1. The fraction of sp³-hybridized carbons (Fsp3) is 0.154. The highest BCUT2D eigenvalue weighted by molar-refractivity contribution is 9.10. The van der Waals surface area contributed by atoms with Crippen LogP contribution in [0.1, 0.15) is 27.4 Å². The van der Waals surface area contributed by atoms with Gasteiger partial charge in [0.05, 0.1) is 15.6 Å². The van der Waals surface area contributed by atoms with Crippen LogP contribution in [-0.2, 0) is 0 Å². The molecule has 94 valence electrons. The average Bonchev–Trinajstić information content (AvgIpc) is 2.63. The van der Waals surface area contributed by atoms with Crippen LogP contribution in [0.2, 0.25) is 0 Å². The van der Waals surface area contributed by atoms with E-state index in [0.717, 1.165) is 6.07 Å². The van der Waals surface area contributed by atoms with Crippen LogP contribution in [0.5, 0.6) is 0 Å². The van der Waals surface area contributed by atoms with Crippen LogP contribution in [0.3, 0.4) is 0 Å². The van der Waals surface area contributed by atoms with Crippen molar-refractivity contribution in [2.24, 2.45) is 0 Å². The van der Waals surface area contributed by atoms with Crippen molar-refractivity contribution in [2.45, 2.75) is 13.8 Å². The van der Waals surface area contributed by atoms with Crippen LogP contribution < -0.4 is 0 Å². The number of rotatable bonds is 2. The number of aryl methyl sites for hydroxylation is 2. The van der Waals surface area contributed by atoms with Gasteiger partial charge in [0.2, 0.25) is 5.78 Å². The highest BCUT2D eigenvalue weighted by Gasteiger charge is 2.24. The standard InChI is InChI=1S/C13H9BrF2O2/c1-6-5-8(7(2)18-6)13(17)11-10(15)4-3-9(14)12(11)16/h3-5H,1-2H3. The summed E-state index contributed by atoms with van der Waals surface area (Å²) in [5, 5.41) is 0. The van der Waals surface area contributed by atoms with Crippen LogP contribution in [0.25, 0.3) is 0 Å². The lowest BCUT2D eigenvalue weighted by atomic mass is 10.0. The third kappa shape index (κ3) is 2.10. The molecule has 0 atom stereocenters. The molecule has 2 nitrogen and oxygen atoms in total. The van der Waals surface area contributed by atoms with Gasteiger partial charge in [-0.3, -0.25) is 4.79 Å². The summed E-state index contributed by atoms with van der Waals surface area (Å²) in [7, 11) is 0. The lowest BCUT2D eigenvalue weighted by Crippen LogP contribution is -2.08. The molecule has 0 bridgehead atoms. The van der Waals surface area contributed by atoms with E-state index in [4.69, 9.17) is 4.42 Å². The van der Waals surface area contributed by atoms with Gasteiger partial charge in [0.1, 0.15) is 17.3 Å². The maximum atomic E-state index is 13.8. The van der Waals surface area contributed by atoms with E-state index in [1.165, 1.54) is 12.1 Å². The second kappa shape index (κ2) is 4.65. The molecule has 1 aromatic heterocycles. The van der Waals surface area contributed by atoms with Gasteiger partial charge in [0, 0.05) is 0 Å². The fourth-order valence-electron chi connectivity index (χ4n) is 1.73. The van der Waals surface area contributed by atoms with Crippen LogP contribution >= 0.6 is 15.9 Å². The summed E-state index contributed by atoms with van der Waals surface area (Å²) in [6, 6.07) is 3.73. The van der Waals surface area contributed by atoms with E-state index in [2.05, 4.69) is 15.9 Å². The molecule has 0 aliphatic heterocycles. The van der Waals surface area contributed by atoms with E-state index >= 15 is 0 Å². The largest absolute Gasteiger partial charge is 0.466 e. The molecule has 2 rings (SSSR count). The molecule has 0 aliphatic rings. The highest BCUT2D eigenvalue weighted by Crippen LogP contribution is 2.26. The Kier molecular flexibility index (Phi) is 3.34. The van der Waals surface area contributed by atoms with Crippen molar-refractivity contribution >= 4 is 21.7 Å². The SMILES string of the molecule is Cc1cc(C(=O)c2c(F)ccc(Br)c2F)c(C)o1. The lowest BCUT2D eigenvalue weighted by Gasteiger charge is -2.04. The van der Waals surface area contributed by atoms with Crippen LogP contribution in [-0.4, -0.2) is 5.78 Å². The van der Waals surface area contributed by atoms with Gasteiger partial charge < -0.3 is 4.42 Å². The molecule has 0 unspecified atom stereocenters. The summed E-state index contributed by atoms with van der Waals surface area (Å²) in [6.07, 6.45) is 0. The van der Waals surface area contributed by atoms with Gasteiger partial charge in [-0.1, -0.05) is 0 Å². The minimum atomic E-state index is -0.904. The molecule has 0 saturated heterocycles. The smallest absolute Gasteiger partial charge is 0.202 e. The minimum Gasteiger partial charge on any atom is -0.466 e. The van der Waals surface area contributed by atoms with Crippen molar-refractivity contribution in [1.82, 2.24) is 0 Å². The van der Waals surface area contributed by atoms with E-state index in [-0.39, 0.29) is 10.0 Å². The summed E-state index contributed by atoms with van der Waals surface area (Å²) < 4.78 is 32.6. The predicted octanol–water partition coefficient (Wildman–Crippen LogP) is 4.17. The Hall–Kier alpha value is -1.49. The Morgan fingerprint density at radius 1 is 1.28 bits per heavy atom. The summed E-state index contributed by atoms with van der Waals surface area (Å²) in [5.74, 6) is -1.65. The topological polar surface area (TPSA) is 30.2 Å². The molecule has 5 heteroatoms. The predicted molar refractivity (Wildman–Crippen MR) is 65.7 cm³/mol. The first-order chi connectivity index (χ1) is 8.41. The minimum absolute atomic E-state index is 0.0464. The number of hydrogen-bond acceptors (Lipinski definition) is 2. The first-order valence-electron chi connectivity index (χ1n) is 5.17. The molecule has 18 heavy (non-hydrogen) atoms. The first kappa shape index (κ1) is 13.0. The van der Waals surface area contributed by atoms with Crippen LogP contribution in [0, 0.1) is 25.5 Å². The zero-order chi connectivity index (χ0) is 13.4. The number of halogens is 3. The molecule has 0 amide bonds. The fourth-order valence-corrected chi connectivity index (χ4v) is 2.06. The monoisotopic (exact) mass is 314 g/mol. The molecule has 0 spiro atoms. The number of benzene rings is 1. The van der Waals surface area contributed by atoms with Crippen molar-refractivity contribution in [3.63, 3.8) is 0 Å². The zero-order valence-corrected chi connectivity index (χ0v) is 11.3. The third-order valence-electron chi connectivity index (χ3n) is 2.56. The second-order valence-corrected chi connectivity index (χ2v) is 4.73. The van der Waals surface area contributed by atoms with Gasteiger partial charge >= 0.3 is 0 Å². The maximum absolute atomic E-state index is 13.8. The van der Waals surface area contributed by atoms with Crippen molar-refractivity contribution < 1.29 is 18.0 Å². The summed E-state index contributed by atoms with van der Waals surface area (Å²) >= 11 is 2.93. The quantitative estimate of drug-likeness (QED) is 0.615. The number of carbonyl (C=O) groups is 1. The number of carbonyl (C=O) groups excluding carboxylic acids is 1. The zero-order valence-electron chi connectivity index (χ0n) is 9.68. The molecule has 0 fully saturated rings. The van der Waals surface area contributed by atoms with E-state index in [1.54, 1.807) is 13.8 Å². The van der Waals surface area contributed by atoms with Gasteiger partial charge in [-0.15, -0.1) is 0 Å². The van der Waals surface area contributed by atoms with Crippen molar-refractivity contribution in [1.29, 1.82) is 0 Å². The Morgan fingerprint density at radius 2 is 1.94 bits per heavy atom. The lowest BCUT2D eigenvalue weighted by molar-refractivity contribution is 0.102. The van der Waals surface area contributed by atoms with Gasteiger partial charge in [-0.05, 0) is 48.0 Å². The molecule has 0 saturated carbocycles. The normalized spacial score (nSPS) is 10.7. The molecular weight excluding hydrogens is 306 g/mol. The molecule has 1 aromatic carbocycles. The highest BCUT2D eigenvalue weighted by atomic mass is 79.9. The Morgan fingerprint density at radius 3 is 2.50 bits per heavy atom. The van der Waals surface area contributed by atoms with E-state index in [1.807, 2.05) is 0 Å². The Bertz CT molecular complexity index is 632. The Labute approximate surface area is 111 Å². The van der Waals surface area contributed by atoms with Crippen molar-refractivity contribution in [2.75, 3.05) is 0 Å². The van der Waals surface area contributed by atoms with Gasteiger partial charge in [0.15, 0.2) is 5.82 Å². The van der Waals surface area contributed by atoms with E-state index in [0.29, 0.717) is 11.5 Å². The molecular formula is C13H9BrF2O2. The van der Waals surface area contributed by atoms with E-state index in [9.17, 15) is 13.6 Å². The van der Waals surface area contributed by atoms with Gasteiger partial charge in [0.25, 0.3) is 0 Å². The molecule has 0 N–H and O–H groups in total. The molecule has 0 aliphatic carbocycles. The van der Waals surface area contributed by atoms with Crippen molar-refractivity contribution in [3.8, 4) is 0 Å². The number of ketones is 1. The Balaban J connectivity index is 2.60. The summed E-state index contributed by atoms with van der Waals surface area (Å²) in [5.41, 5.74) is -0.406. The molecule has 2 aromatic rings. The molecule has 1 heterocycles. The maximum Gasteiger partial charge on any atom is 0.202 e. The van der Waals surface area contributed by atoms with Gasteiger partial charge in [-0.25, -0.2) is 8.78 Å². The van der Waals surface area contributed by atoms with E-state index < -0.39 is 23.0 Å². The second-order valence-electron chi connectivity index (χ2n) is 3.87. The van der Waals surface area contributed by atoms with Crippen LogP contribution in [0.4, 0.5) is 8.78 Å². The third-order valence-corrected chi connectivity index (χ3v) is 3.17. The summed E-state index contributed by atoms with van der Waals surface area (Å²) in [4.78, 5) is 12.1. The van der Waals surface area contributed by atoms with Gasteiger partial charge in [-0.2, -0.15) is 0 Å². The number of hydrogen-bond donors (Lipinski definition) is 0. The average molecular weight is 315 g/mol. The molecule has 0 radical (unpaired) electrons. The first-order valence-corrected chi connectivity index (χ1v) is 5.96. The summed E-state index contributed by atoms with van der Waals surface area (Å²) in [6.45, 7) is 3.24.